The number of carboxylic acid groups (broad SMARTS) is 1. The van der Waals surface area contributed by atoms with Gasteiger partial charge in [-0.1, -0.05) is 84.4 Å². The Balaban J connectivity index is 3.69. The lowest BCUT2D eigenvalue weighted by Gasteiger charge is -2.18. The van der Waals surface area contributed by atoms with Crippen LogP contribution in [0.25, 0.3) is 0 Å². The van der Waals surface area contributed by atoms with Crippen molar-refractivity contribution in [2.45, 2.75) is 109 Å². The second-order valence-corrected chi connectivity index (χ2v) is 14.0. The van der Waals surface area contributed by atoms with Crippen LogP contribution in [0.3, 0.4) is 0 Å². The summed E-state index contributed by atoms with van der Waals surface area (Å²) in [6.45, 7) is 10.1. The molecule has 25 heavy (non-hydrogen) atoms. The fourth-order valence-corrected chi connectivity index (χ4v) is 3.46. The van der Waals surface area contributed by atoms with Crippen LogP contribution in [0.4, 0.5) is 0 Å². The van der Waals surface area contributed by atoms with E-state index in [0.29, 0.717) is 6.61 Å². The van der Waals surface area contributed by atoms with Crippen molar-refractivity contribution in [2.24, 2.45) is 0 Å². The predicted octanol–water partition coefficient (Wildman–Crippen LogP) is 6.08. The molecule has 0 fully saturated rings. The average Bonchev–Trinajstić information content (AvgIpc) is 2.51. The van der Waals surface area contributed by atoms with Crippen molar-refractivity contribution in [2.75, 3.05) is 13.4 Å². The molecule has 0 aliphatic carbocycles. The Morgan fingerprint density at radius 1 is 0.960 bits per heavy atom. The first-order chi connectivity index (χ1) is 11.8. The summed E-state index contributed by atoms with van der Waals surface area (Å²) in [5.41, 5.74) is 0. The Labute approximate surface area is 156 Å². The Kier molecular flexibility index (Phi) is 15.6. The summed E-state index contributed by atoms with van der Waals surface area (Å²) in [7, 11) is -1.08. The molecule has 1 N–H and O–H groups in total. The molecule has 1 atom stereocenters. The summed E-state index contributed by atoms with van der Waals surface area (Å²) in [6.07, 6.45) is 12.2. The Morgan fingerprint density at radius 3 is 2.04 bits per heavy atom. The highest BCUT2D eigenvalue weighted by molar-refractivity contribution is 6.76. The van der Waals surface area contributed by atoms with Crippen LogP contribution in [0, 0.1) is 0 Å². The molecule has 0 rings (SSSR count). The molecule has 0 aromatic rings. The molecular formula is C20H42O4Si. The molecule has 0 heterocycles. The van der Waals surface area contributed by atoms with Gasteiger partial charge in [-0.2, -0.15) is 0 Å². The van der Waals surface area contributed by atoms with Gasteiger partial charge in [0.2, 0.25) is 0 Å². The van der Waals surface area contributed by atoms with Crippen molar-refractivity contribution >= 4 is 14.0 Å². The van der Waals surface area contributed by atoms with E-state index in [9.17, 15) is 4.79 Å². The minimum absolute atomic E-state index is 0.0778. The van der Waals surface area contributed by atoms with Crippen LogP contribution in [-0.4, -0.2) is 38.7 Å². The zero-order chi connectivity index (χ0) is 19.0. The van der Waals surface area contributed by atoms with Gasteiger partial charge in [0.25, 0.3) is 0 Å². The molecule has 0 saturated carbocycles. The third kappa shape index (κ3) is 19.8. The van der Waals surface area contributed by atoms with E-state index in [1.165, 1.54) is 51.4 Å². The van der Waals surface area contributed by atoms with Gasteiger partial charge < -0.3 is 14.6 Å². The summed E-state index contributed by atoms with van der Waals surface area (Å²) in [5, 5.41) is 9.02. The first kappa shape index (κ1) is 24.6. The largest absolute Gasteiger partial charge is 0.481 e. The van der Waals surface area contributed by atoms with E-state index >= 15 is 0 Å². The first-order valence-corrected chi connectivity index (χ1v) is 14.0. The fraction of sp³-hybridized carbons (Fsp3) is 0.950. The number of aliphatic carboxylic acids is 1. The quantitative estimate of drug-likeness (QED) is 0.179. The molecule has 5 heteroatoms. The number of carbonyl (C=O) groups is 1. The van der Waals surface area contributed by atoms with E-state index < -0.39 is 14.0 Å². The van der Waals surface area contributed by atoms with E-state index in [-0.39, 0.29) is 19.3 Å². The van der Waals surface area contributed by atoms with E-state index in [0.717, 1.165) is 18.9 Å². The molecule has 0 saturated heterocycles. The van der Waals surface area contributed by atoms with Crippen molar-refractivity contribution in [1.82, 2.24) is 0 Å². The molecule has 0 aliphatic heterocycles. The number of hydrogen-bond acceptors (Lipinski definition) is 3. The van der Waals surface area contributed by atoms with Gasteiger partial charge in [0.1, 0.15) is 6.79 Å². The minimum Gasteiger partial charge on any atom is -0.481 e. The molecule has 150 valence electrons. The molecular weight excluding hydrogens is 332 g/mol. The molecule has 0 spiro atoms. The van der Waals surface area contributed by atoms with Crippen LogP contribution in [0.5, 0.6) is 0 Å². The summed E-state index contributed by atoms with van der Waals surface area (Å²) in [5.74, 6) is -0.789. The first-order valence-electron chi connectivity index (χ1n) is 10.3. The van der Waals surface area contributed by atoms with Crippen LogP contribution >= 0.6 is 0 Å². The molecule has 0 radical (unpaired) electrons. The number of ether oxygens (including phenoxy) is 2. The van der Waals surface area contributed by atoms with E-state index in [1.807, 2.05) is 0 Å². The molecule has 1 unspecified atom stereocenters. The average molecular weight is 375 g/mol. The standard InChI is InChI=1S/C20H42O4Si/c1-5-6-7-8-9-10-11-12-13-14-19(17-20(21)22)24-18-23-15-16-25(2,3)4/h19H,5-18H2,1-4H3,(H,21,22). The molecule has 0 bridgehead atoms. The fourth-order valence-electron chi connectivity index (χ4n) is 2.70. The second kappa shape index (κ2) is 15.8. The minimum atomic E-state index is -1.08. The lowest BCUT2D eigenvalue weighted by atomic mass is 10.0. The topological polar surface area (TPSA) is 55.8 Å². The summed E-state index contributed by atoms with van der Waals surface area (Å²) in [4.78, 5) is 11.0. The molecule has 0 aromatic carbocycles. The van der Waals surface area contributed by atoms with Crippen LogP contribution in [0.1, 0.15) is 77.6 Å². The normalized spacial score (nSPS) is 13.1. The molecule has 0 aromatic heterocycles. The third-order valence-electron chi connectivity index (χ3n) is 4.42. The maximum Gasteiger partial charge on any atom is 0.305 e. The Hall–Kier alpha value is -0.393. The zero-order valence-electron chi connectivity index (χ0n) is 17.1. The smallest absolute Gasteiger partial charge is 0.305 e. The monoisotopic (exact) mass is 374 g/mol. The molecule has 4 nitrogen and oxygen atoms in total. The van der Waals surface area contributed by atoms with Crippen LogP contribution < -0.4 is 0 Å². The summed E-state index contributed by atoms with van der Waals surface area (Å²) < 4.78 is 11.2. The molecule has 0 amide bonds. The van der Waals surface area contributed by atoms with Gasteiger partial charge in [-0.25, -0.2) is 0 Å². The Bertz CT molecular complexity index is 315. The van der Waals surface area contributed by atoms with Crippen molar-refractivity contribution in [1.29, 1.82) is 0 Å². The third-order valence-corrected chi connectivity index (χ3v) is 6.12. The lowest BCUT2D eigenvalue weighted by molar-refractivity contribution is -0.144. The number of unbranched alkanes of at least 4 members (excludes halogenated alkanes) is 8. The van der Waals surface area contributed by atoms with Gasteiger partial charge in [0.05, 0.1) is 12.5 Å². The SMILES string of the molecule is CCCCCCCCCCCC(CC(=O)O)OCOCC[Si](C)(C)C. The van der Waals surface area contributed by atoms with Gasteiger partial charge >= 0.3 is 5.97 Å². The Morgan fingerprint density at radius 2 is 1.52 bits per heavy atom. The van der Waals surface area contributed by atoms with Gasteiger partial charge in [-0.3, -0.25) is 4.79 Å². The van der Waals surface area contributed by atoms with E-state index in [2.05, 4.69) is 26.6 Å². The van der Waals surface area contributed by atoms with Crippen molar-refractivity contribution < 1.29 is 19.4 Å². The maximum atomic E-state index is 11.0. The highest BCUT2D eigenvalue weighted by Crippen LogP contribution is 2.14. The van der Waals surface area contributed by atoms with Gasteiger partial charge in [0.15, 0.2) is 0 Å². The van der Waals surface area contributed by atoms with Gasteiger partial charge in [-0.05, 0) is 12.5 Å². The zero-order valence-corrected chi connectivity index (χ0v) is 18.1. The maximum absolute atomic E-state index is 11.0. The van der Waals surface area contributed by atoms with Crippen molar-refractivity contribution in [3.63, 3.8) is 0 Å². The number of rotatable bonds is 18. The van der Waals surface area contributed by atoms with Crippen LogP contribution in [-0.2, 0) is 14.3 Å². The van der Waals surface area contributed by atoms with Crippen molar-refractivity contribution in [3.8, 4) is 0 Å². The highest BCUT2D eigenvalue weighted by atomic mass is 28.3. The van der Waals surface area contributed by atoms with Gasteiger partial charge in [0, 0.05) is 14.7 Å². The number of hydrogen-bond donors (Lipinski definition) is 1. The predicted molar refractivity (Wildman–Crippen MR) is 108 cm³/mol. The van der Waals surface area contributed by atoms with E-state index in [4.69, 9.17) is 14.6 Å². The van der Waals surface area contributed by atoms with Crippen LogP contribution in [0.15, 0.2) is 0 Å². The summed E-state index contributed by atoms with van der Waals surface area (Å²) in [6, 6.07) is 1.11. The van der Waals surface area contributed by atoms with Crippen molar-refractivity contribution in [3.05, 3.63) is 0 Å². The highest BCUT2D eigenvalue weighted by Gasteiger charge is 2.15. The second-order valence-electron chi connectivity index (χ2n) is 8.34. The molecule has 0 aliphatic rings. The van der Waals surface area contributed by atoms with E-state index in [1.54, 1.807) is 0 Å². The van der Waals surface area contributed by atoms with Crippen LogP contribution in [0.2, 0.25) is 25.7 Å². The summed E-state index contributed by atoms with van der Waals surface area (Å²) >= 11 is 0. The number of carboxylic acids is 1. The lowest BCUT2D eigenvalue weighted by Crippen LogP contribution is -2.23. The van der Waals surface area contributed by atoms with Gasteiger partial charge in [-0.15, -0.1) is 0 Å².